The first kappa shape index (κ1) is 10.1. The topological polar surface area (TPSA) is 71.1 Å². The van der Waals surface area contributed by atoms with E-state index in [0.29, 0.717) is 22.6 Å². The van der Waals surface area contributed by atoms with Crippen molar-refractivity contribution in [1.29, 1.82) is 5.26 Å². The lowest BCUT2D eigenvalue weighted by molar-refractivity contribution is 0.198. The molecule has 1 N–H and O–H groups in total. The van der Waals surface area contributed by atoms with Gasteiger partial charge in [-0.25, -0.2) is 4.98 Å². The van der Waals surface area contributed by atoms with Gasteiger partial charge in [0.05, 0.1) is 12.8 Å². The van der Waals surface area contributed by atoms with Gasteiger partial charge in [-0.2, -0.15) is 9.99 Å². The van der Waals surface area contributed by atoms with Gasteiger partial charge in [0.15, 0.2) is 0 Å². The Labute approximate surface area is 91.8 Å². The first-order chi connectivity index (χ1) is 7.72. The highest BCUT2D eigenvalue weighted by atomic mass is 16.5. The van der Waals surface area contributed by atoms with Crippen molar-refractivity contribution >= 4 is 17.1 Å². The number of nitriles is 1. The standard InChI is InChI=1S/C11H9N3O2/c1-3-8-7(6-12)11-9(14(8)15)4-5-10(13-11)16-2/h3-5,15H,1H2,2H3. The third-order valence-electron chi connectivity index (χ3n) is 2.31. The quantitative estimate of drug-likeness (QED) is 0.775. The molecule has 0 aliphatic carbocycles. The summed E-state index contributed by atoms with van der Waals surface area (Å²) < 4.78 is 5.86. The molecule has 0 saturated carbocycles. The molecule has 0 amide bonds. The Morgan fingerprint density at radius 2 is 2.38 bits per heavy atom. The molecule has 0 atom stereocenters. The molecule has 0 aliphatic heterocycles. The van der Waals surface area contributed by atoms with Crippen LogP contribution in [0.25, 0.3) is 17.1 Å². The van der Waals surface area contributed by atoms with Gasteiger partial charge in [-0.05, 0) is 12.1 Å². The van der Waals surface area contributed by atoms with Crippen LogP contribution in [0.1, 0.15) is 11.3 Å². The van der Waals surface area contributed by atoms with Crippen molar-refractivity contribution in [3.8, 4) is 11.9 Å². The number of pyridine rings is 1. The maximum Gasteiger partial charge on any atom is 0.213 e. The zero-order valence-electron chi connectivity index (χ0n) is 8.64. The Balaban J connectivity index is 2.90. The molecule has 2 aromatic heterocycles. The van der Waals surface area contributed by atoms with Crippen LogP contribution in [0.4, 0.5) is 0 Å². The van der Waals surface area contributed by atoms with Crippen LogP contribution in [0.3, 0.4) is 0 Å². The Morgan fingerprint density at radius 1 is 1.62 bits per heavy atom. The number of methoxy groups -OCH3 is 1. The molecule has 5 heteroatoms. The van der Waals surface area contributed by atoms with Crippen LogP contribution in [0.5, 0.6) is 5.88 Å². The van der Waals surface area contributed by atoms with E-state index in [4.69, 9.17) is 10.00 Å². The van der Waals surface area contributed by atoms with Crippen molar-refractivity contribution in [2.24, 2.45) is 0 Å². The number of rotatable bonds is 2. The van der Waals surface area contributed by atoms with Crippen molar-refractivity contribution < 1.29 is 9.94 Å². The van der Waals surface area contributed by atoms with Gasteiger partial charge in [0.2, 0.25) is 5.88 Å². The minimum absolute atomic E-state index is 0.284. The molecule has 0 fully saturated rings. The maximum absolute atomic E-state index is 9.78. The fourth-order valence-corrected chi connectivity index (χ4v) is 1.56. The third kappa shape index (κ3) is 1.21. The Kier molecular flexibility index (Phi) is 2.25. The molecule has 2 rings (SSSR count). The maximum atomic E-state index is 9.78. The SMILES string of the molecule is C=Cc1c(C#N)c2nc(OC)ccc2n1O. The zero-order chi connectivity index (χ0) is 11.7. The largest absolute Gasteiger partial charge is 0.481 e. The minimum Gasteiger partial charge on any atom is -0.481 e. The van der Waals surface area contributed by atoms with Crippen LogP contribution < -0.4 is 4.74 Å². The van der Waals surface area contributed by atoms with E-state index in [1.807, 2.05) is 6.07 Å². The lowest BCUT2D eigenvalue weighted by atomic mass is 10.2. The lowest BCUT2D eigenvalue weighted by Crippen LogP contribution is -1.92. The summed E-state index contributed by atoms with van der Waals surface area (Å²) in [6.07, 6.45) is 1.41. The molecule has 0 aliphatic rings. The number of ether oxygens (including phenoxy) is 1. The Bertz CT molecular complexity index is 608. The number of hydrogen-bond acceptors (Lipinski definition) is 4. The average Bonchev–Trinajstić information content (AvgIpc) is 2.60. The third-order valence-corrected chi connectivity index (χ3v) is 2.31. The van der Waals surface area contributed by atoms with Crippen LogP contribution >= 0.6 is 0 Å². The van der Waals surface area contributed by atoms with Gasteiger partial charge in [0.25, 0.3) is 0 Å². The van der Waals surface area contributed by atoms with Gasteiger partial charge in [0, 0.05) is 6.07 Å². The monoisotopic (exact) mass is 215 g/mol. The van der Waals surface area contributed by atoms with E-state index >= 15 is 0 Å². The van der Waals surface area contributed by atoms with Crippen molar-refractivity contribution in [3.05, 3.63) is 30.0 Å². The number of fused-ring (bicyclic) bond motifs is 1. The van der Waals surface area contributed by atoms with E-state index in [0.717, 1.165) is 4.73 Å². The van der Waals surface area contributed by atoms with Crippen LogP contribution in [-0.2, 0) is 0 Å². The van der Waals surface area contributed by atoms with Crippen molar-refractivity contribution in [1.82, 2.24) is 9.71 Å². The minimum atomic E-state index is 0.284. The molecule has 2 aromatic rings. The summed E-state index contributed by atoms with van der Waals surface area (Å²) in [7, 11) is 1.49. The average molecular weight is 215 g/mol. The molecule has 5 nitrogen and oxygen atoms in total. The molecule has 0 radical (unpaired) electrons. The summed E-state index contributed by atoms with van der Waals surface area (Å²) in [4.78, 5) is 4.12. The normalized spacial score (nSPS) is 10.0. The predicted molar refractivity (Wildman–Crippen MR) is 58.3 cm³/mol. The second-order valence-electron chi connectivity index (χ2n) is 3.11. The second-order valence-corrected chi connectivity index (χ2v) is 3.11. The molecule has 0 unspecified atom stereocenters. The number of aromatic nitrogens is 2. The van der Waals surface area contributed by atoms with Gasteiger partial charge in [0.1, 0.15) is 22.7 Å². The lowest BCUT2D eigenvalue weighted by Gasteiger charge is -1.98. The fraction of sp³-hybridized carbons (Fsp3) is 0.0909. The summed E-state index contributed by atoms with van der Waals surface area (Å²) in [5, 5.41) is 18.8. The number of nitrogens with zero attached hydrogens (tertiary/aromatic N) is 3. The molecular weight excluding hydrogens is 206 g/mol. The second kappa shape index (κ2) is 3.59. The molecular formula is C11H9N3O2. The van der Waals surface area contributed by atoms with Crippen LogP contribution in [0.15, 0.2) is 18.7 Å². The summed E-state index contributed by atoms with van der Waals surface area (Å²) in [5.41, 5.74) is 1.47. The zero-order valence-corrected chi connectivity index (χ0v) is 8.64. The van der Waals surface area contributed by atoms with Crippen LogP contribution in [-0.4, -0.2) is 22.0 Å². The first-order valence-corrected chi connectivity index (χ1v) is 4.54. The molecule has 0 saturated heterocycles. The predicted octanol–water partition coefficient (Wildman–Crippen LogP) is 1.80. The molecule has 2 heterocycles. The smallest absolute Gasteiger partial charge is 0.213 e. The van der Waals surface area contributed by atoms with Crippen molar-refractivity contribution in [2.75, 3.05) is 7.11 Å². The Morgan fingerprint density at radius 3 is 2.94 bits per heavy atom. The fourth-order valence-electron chi connectivity index (χ4n) is 1.56. The van der Waals surface area contributed by atoms with Crippen molar-refractivity contribution in [3.63, 3.8) is 0 Å². The van der Waals surface area contributed by atoms with E-state index < -0.39 is 0 Å². The molecule has 16 heavy (non-hydrogen) atoms. The van der Waals surface area contributed by atoms with Gasteiger partial charge >= 0.3 is 0 Å². The summed E-state index contributed by atoms with van der Waals surface area (Å²) in [5.74, 6) is 0.394. The summed E-state index contributed by atoms with van der Waals surface area (Å²) in [6.45, 7) is 3.55. The molecule has 0 aromatic carbocycles. The highest BCUT2D eigenvalue weighted by Gasteiger charge is 2.16. The van der Waals surface area contributed by atoms with Crippen LogP contribution in [0.2, 0.25) is 0 Å². The van der Waals surface area contributed by atoms with Crippen molar-refractivity contribution in [2.45, 2.75) is 0 Å². The molecule has 0 bridgehead atoms. The highest BCUT2D eigenvalue weighted by molar-refractivity contribution is 5.87. The van der Waals surface area contributed by atoms with Gasteiger partial charge in [-0.1, -0.05) is 6.58 Å². The number of hydrogen-bond donors (Lipinski definition) is 1. The van der Waals surface area contributed by atoms with E-state index in [1.54, 1.807) is 12.1 Å². The van der Waals surface area contributed by atoms with Gasteiger partial charge < -0.3 is 9.94 Å². The van der Waals surface area contributed by atoms with E-state index in [1.165, 1.54) is 13.2 Å². The molecule has 0 spiro atoms. The summed E-state index contributed by atoms with van der Waals surface area (Å²) >= 11 is 0. The van der Waals surface area contributed by atoms with E-state index in [2.05, 4.69) is 11.6 Å². The Hall–Kier alpha value is -2.48. The van der Waals surface area contributed by atoms with Crippen LogP contribution in [0, 0.1) is 11.3 Å². The van der Waals surface area contributed by atoms with E-state index in [9.17, 15) is 5.21 Å². The van der Waals surface area contributed by atoms with Gasteiger partial charge in [-0.15, -0.1) is 0 Å². The first-order valence-electron chi connectivity index (χ1n) is 4.54. The van der Waals surface area contributed by atoms with E-state index in [-0.39, 0.29) is 5.56 Å². The molecule has 80 valence electrons. The summed E-state index contributed by atoms with van der Waals surface area (Å²) in [6, 6.07) is 5.24. The van der Waals surface area contributed by atoms with Gasteiger partial charge in [-0.3, -0.25) is 0 Å². The highest BCUT2D eigenvalue weighted by Crippen LogP contribution is 2.25.